The second-order valence-electron chi connectivity index (χ2n) is 6.39. The zero-order valence-corrected chi connectivity index (χ0v) is 14.6. The van der Waals surface area contributed by atoms with E-state index in [-0.39, 0.29) is 18.1 Å². The number of nitrogens with one attached hydrogen (secondary N) is 3. The molecule has 6 heteroatoms. The van der Waals surface area contributed by atoms with E-state index in [4.69, 9.17) is 4.42 Å². The monoisotopic (exact) mass is 348 g/mol. The summed E-state index contributed by atoms with van der Waals surface area (Å²) in [7, 11) is 0. The van der Waals surface area contributed by atoms with Gasteiger partial charge in [0.15, 0.2) is 0 Å². The fourth-order valence-corrected chi connectivity index (χ4v) is 2.97. The molecule has 0 spiro atoms. The number of carbonyl (C=O) groups is 1. The molecule has 0 aliphatic carbocycles. The average Bonchev–Trinajstić information content (AvgIpc) is 3.25. The van der Waals surface area contributed by atoms with Crippen molar-refractivity contribution < 1.29 is 9.21 Å². The summed E-state index contributed by atoms with van der Waals surface area (Å²) in [4.78, 5) is 20.1. The highest BCUT2D eigenvalue weighted by Crippen LogP contribution is 2.23. The number of fused-ring (bicyclic) bond motifs is 2. The zero-order chi connectivity index (χ0) is 18.1. The van der Waals surface area contributed by atoms with Crippen molar-refractivity contribution in [2.24, 2.45) is 0 Å². The van der Waals surface area contributed by atoms with E-state index in [0.29, 0.717) is 0 Å². The standard InChI is InChI=1S/C20H20N4O2/c1-12(18-11-14-7-3-6-10-17(14)26-18)21-20(25)22-13(2)19-23-15-8-4-5-9-16(15)24-19/h3-13H,1-2H3,(H,23,24)(H2,21,22,25). The number of H-pyrrole nitrogens is 1. The average molecular weight is 348 g/mol. The maximum absolute atomic E-state index is 12.3. The normalized spacial score (nSPS) is 13.6. The van der Waals surface area contributed by atoms with Crippen LogP contribution in [0, 0.1) is 0 Å². The van der Waals surface area contributed by atoms with Crippen molar-refractivity contribution in [2.45, 2.75) is 25.9 Å². The number of urea groups is 1. The van der Waals surface area contributed by atoms with Gasteiger partial charge in [0.25, 0.3) is 0 Å². The molecule has 0 saturated heterocycles. The van der Waals surface area contributed by atoms with Gasteiger partial charge < -0.3 is 20.0 Å². The summed E-state index contributed by atoms with van der Waals surface area (Å²) in [6, 6.07) is 16.8. The number of furan rings is 1. The molecule has 6 nitrogen and oxygen atoms in total. The predicted octanol–water partition coefficient (Wildman–Crippen LogP) is 4.43. The molecule has 2 amide bonds. The Morgan fingerprint density at radius 3 is 2.58 bits per heavy atom. The molecular formula is C20H20N4O2. The molecule has 2 aromatic heterocycles. The second-order valence-corrected chi connectivity index (χ2v) is 6.39. The Morgan fingerprint density at radius 2 is 1.77 bits per heavy atom. The molecule has 4 aromatic rings. The van der Waals surface area contributed by atoms with Crippen LogP contribution in [0.3, 0.4) is 0 Å². The van der Waals surface area contributed by atoms with E-state index in [1.807, 2.05) is 68.4 Å². The number of carbonyl (C=O) groups excluding carboxylic acids is 1. The van der Waals surface area contributed by atoms with Gasteiger partial charge in [0.1, 0.15) is 17.2 Å². The molecule has 3 N–H and O–H groups in total. The molecule has 0 aliphatic heterocycles. The first-order valence-corrected chi connectivity index (χ1v) is 8.60. The Bertz CT molecular complexity index is 916. The largest absolute Gasteiger partial charge is 0.459 e. The first-order chi connectivity index (χ1) is 12.6. The quantitative estimate of drug-likeness (QED) is 0.510. The number of para-hydroxylation sites is 3. The van der Waals surface area contributed by atoms with Crippen LogP contribution in [0.15, 0.2) is 59.0 Å². The Hall–Kier alpha value is -3.28. The zero-order valence-electron chi connectivity index (χ0n) is 14.6. The minimum Gasteiger partial charge on any atom is -0.459 e. The molecule has 0 radical (unpaired) electrons. The third kappa shape index (κ3) is 3.13. The van der Waals surface area contributed by atoms with Gasteiger partial charge in [-0.2, -0.15) is 0 Å². The minimum absolute atomic E-state index is 0.245. The van der Waals surface area contributed by atoms with Gasteiger partial charge >= 0.3 is 6.03 Å². The summed E-state index contributed by atoms with van der Waals surface area (Å²) in [6.45, 7) is 3.78. The highest BCUT2D eigenvalue weighted by molar-refractivity contribution is 5.79. The van der Waals surface area contributed by atoms with Gasteiger partial charge in [0, 0.05) is 5.39 Å². The molecule has 2 unspecified atom stereocenters. The molecule has 0 aliphatic rings. The van der Waals surface area contributed by atoms with Crippen molar-refractivity contribution in [1.82, 2.24) is 20.6 Å². The number of hydrogen-bond donors (Lipinski definition) is 3. The van der Waals surface area contributed by atoms with E-state index in [1.165, 1.54) is 0 Å². The SMILES string of the molecule is CC(NC(=O)NC(C)c1cc2ccccc2o1)c1nc2ccccc2[nH]1. The fourth-order valence-electron chi connectivity index (χ4n) is 2.97. The molecule has 2 atom stereocenters. The van der Waals surface area contributed by atoms with E-state index in [1.54, 1.807) is 0 Å². The van der Waals surface area contributed by atoms with Crippen molar-refractivity contribution in [3.63, 3.8) is 0 Å². The smallest absolute Gasteiger partial charge is 0.315 e. The number of hydrogen-bond acceptors (Lipinski definition) is 3. The van der Waals surface area contributed by atoms with Crippen molar-refractivity contribution in [3.05, 3.63) is 66.2 Å². The van der Waals surface area contributed by atoms with E-state index < -0.39 is 0 Å². The van der Waals surface area contributed by atoms with Gasteiger partial charge in [0.2, 0.25) is 0 Å². The number of aromatic amines is 1. The summed E-state index contributed by atoms with van der Waals surface area (Å²) in [5, 5.41) is 6.83. The second kappa shape index (κ2) is 6.55. The van der Waals surface area contributed by atoms with Gasteiger partial charge in [0.05, 0.1) is 23.1 Å². The number of rotatable bonds is 4. The first-order valence-electron chi connectivity index (χ1n) is 8.60. The van der Waals surface area contributed by atoms with E-state index >= 15 is 0 Å². The molecule has 2 heterocycles. The molecule has 0 saturated carbocycles. The Kier molecular flexibility index (Phi) is 4.08. The van der Waals surface area contributed by atoms with Crippen LogP contribution in [0.2, 0.25) is 0 Å². The first kappa shape index (κ1) is 16.2. The van der Waals surface area contributed by atoms with Crippen LogP contribution >= 0.6 is 0 Å². The van der Waals surface area contributed by atoms with Crippen LogP contribution in [-0.2, 0) is 0 Å². The summed E-state index contributed by atoms with van der Waals surface area (Å²) < 4.78 is 5.80. The van der Waals surface area contributed by atoms with Gasteiger partial charge in [-0.25, -0.2) is 9.78 Å². The summed E-state index contributed by atoms with van der Waals surface area (Å²) in [6.07, 6.45) is 0. The van der Waals surface area contributed by atoms with Crippen molar-refractivity contribution >= 4 is 28.0 Å². The molecule has 132 valence electrons. The predicted molar refractivity (Wildman–Crippen MR) is 101 cm³/mol. The van der Waals surface area contributed by atoms with Gasteiger partial charge in [-0.05, 0) is 38.1 Å². The molecule has 0 bridgehead atoms. The van der Waals surface area contributed by atoms with E-state index in [9.17, 15) is 4.79 Å². The Balaban J connectivity index is 1.42. The van der Waals surface area contributed by atoms with E-state index in [0.717, 1.165) is 33.6 Å². The molecule has 2 aromatic carbocycles. The Morgan fingerprint density at radius 1 is 1.04 bits per heavy atom. The van der Waals surface area contributed by atoms with Crippen LogP contribution < -0.4 is 10.6 Å². The molecule has 26 heavy (non-hydrogen) atoms. The van der Waals surface area contributed by atoms with Crippen LogP contribution in [-0.4, -0.2) is 16.0 Å². The lowest BCUT2D eigenvalue weighted by Gasteiger charge is -2.15. The fraction of sp³-hybridized carbons (Fsp3) is 0.200. The Labute approximate surface area is 150 Å². The lowest BCUT2D eigenvalue weighted by atomic mass is 10.2. The van der Waals surface area contributed by atoms with Gasteiger partial charge in [-0.3, -0.25) is 0 Å². The van der Waals surface area contributed by atoms with Gasteiger partial charge in [-0.1, -0.05) is 30.3 Å². The topological polar surface area (TPSA) is 82.9 Å². The third-order valence-electron chi connectivity index (χ3n) is 4.38. The van der Waals surface area contributed by atoms with E-state index in [2.05, 4.69) is 20.6 Å². The van der Waals surface area contributed by atoms with Crippen LogP contribution in [0.4, 0.5) is 4.79 Å². The van der Waals surface area contributed by atoms with Crippen LogP contribution in [0.5, 0.6) is 0 Å². The maximum atomic E-state index is 12.3. The molecular weight excluding hydrogens is 328 g/mol. The lowest BCUT2D eigenvalue weighted by molar-refractivity contribution is 0.233. The number of amides is 2. The molecule has 4 rings (SSSR count). The summed E-state index contributed by atoms with van der Waals surface area (Å²) >= 11 is 0. The maximum Gasteiger partial charge on any atom is 0.315 e. The van der Waals surface area contributed by atoms with Crippen molar-refractivity contribution in [2.75, 3.05) is 0 Å². The summed E-state index contributed by atoms with van der Waals surface area (Å²) in [5.41, 5.74) is 2.65. The number of nitrogens with zero attached hydrogens (tertiary/aromatic N) is 1. The highest BCUT2D eigenvalue weighted by Gasteiger charge is 2.17. The van der Waals surface area contributed by atoms with Gasteiger partial charge in [-0.15, -0.1) is 0 Å². The van der Waals surface area contributed by atoms with Crippen LogP contribution in [0.25, 0.3) is 22.0 Å². The van der Waals surface area contributed by atoms with Crippen molar-refractivity contribution in [1.29, 1.82) is 0 Å². The van der Waals surface area contributed by atoms with Crippen molar-refractivity contribution in [3.8, 4) is 0 Å². The minimum atomic E-state index is -0.272. The van der Waals surface area contributed by atoms with Crippen LogP contribution in [0.1, 0.15) is 37.5 Å². The lowest BCUT2D eigenvalue weighted by Crippen LogP contribution is -2.38. The number of aromatic nitrogens is 2. The summed E-state index contributed by atoms with van der Waals surface area (Å²) in [5.74, 6) is 1.44. The molecule has 0 fully saturated rings. The number of imidazole rings is 1. The third-order valence-corrected chi connectivity index (χ3v) is 4.38. The number of benzene rings is 2. The highest BCUT2D eigenvalue weighted by atomic mass is 16.3.